The van der Waals surface area contributed by atoms with Crippen molar-refractivity contribution in [1.29, 1.82) is 0 Å². The second-order valence-electron chi connectivity index (χ2n) is 4.75. The molecule has 1 aliphatic rings. The third-order valence-electron chi connectivity index (χ3n) is 2.94. The predicted molar refractivity (Wildman–Crippen MR) is 75.1 cm³/mol. The highest BCUT2D eigenvalue weighted by molar-refractivity contribution is 9.10. The summed E-state index contributed by atoms with van der Waals surface area (Å²) >= 11 is 3.59. The number of methoxy groups -OCH3 is 1. The van der Waals surface area contributed by atoms with Gasteiger partial charge in [-0.25, -0.2) is 4.98 Å². The van der Waals surface area contributed by atoms with Crippen molar-refractivity contribution in [1.82, 2.24) is 4.98 Å². The second-order valence-corrected chi connectivity index (χ2v) is 5.60. The van der Waals surface area contributed by atoms with Gasteiger partial charge in [0.2, 0.25) is 0 Å². The van der Waals surface area contributed by atoms with Gasteiger partial charge in [-0.2, -0.15) is 0 Å². The van der Waals surface area contributed by atoms with E-state index < -0.39 is 0 Å². The molecule has 1 aromatic rings. The first-order valence-electron chi connectivity index (χ1n) is 6.11. The van der Waals surface area contributed by atoms with Gasteiger partial charge in [0.15, 0.2) is 0 Å². The van der Waals surface area contributed by atoms with Crippen LogP contribution in [0, 0.1) is 6.92 Å². The SMILES string of the molecule is COC[C@H]1CN(c2ncc(C)cc2Br)C[C@H](C)O1. The molecule has 5 heteroatoms. The highest BCUT2D eigenvalue weighted by Crippen LogP contribution is 2.27. The van der Waals surface area contributed by atoms with Crippen LogP contribution in [0.5, 0.6) is 0 Å². The summed E-state index contributed by atoms with van der Waals surface area (Å²) in [6, 6.07) is 2.09. The normalized spacial score (nSPS) is 24.3. The lowest BCUT2D eigenvalue weighted by Crippen LogP contribution is -2.48. The van der Waals surface area contributed by atoms with Crippen molar-refractivity contribution < 1.29 is 9.47 Å². The number of anilines is 1. The number of hydrogen-bond donors (Lipinski definition) is 0. The summed E-state index contributed by atoms with van der Waals surface area (Å²) in [5.74, 6) is 0.983. The van der Waals surface area contributed by atoms with E-state index in [-0.39, 0.29) is 12.2 Å². The van der Waals surface area contributed by atoms with E-state index in [1.165, 1.54) is 0 Å². The average molecular weight is 315 g/mol. The number of morpholine rings is 1. The highest BCUT2D eigenvalue weighted by atomic mass is 79.9. The van der Waals surface area contributed by atoms with Crippen molar-refractivity contribution in [2.24, 2.45) is 0 Å². The van der Waals surface area contributed by atoms with Crippen LogP contribution in [0.25, 0.3) is 0 Å². The standard InChI is InChI=1S/C13H19BrN2O2/c1-9-4-12(14)13(15-5-9)16-6-10(2)18-11(7-16)8-17-3/h4-5,10-11H,6-8H2,1-3H3/t10-,11+/m0/s1. The minimum atomic E-state index is 0.105. The number of hydrogen-bond acceptors (Lipinski definition) is 4. The Morgan fingerprint density at radius 1 is 1.56 bits per heavy atom. The molecule has 2 heterocycles. The number of nitrogens with zero attached hydrogens (tertiary/aromatic N) is 2. The molecule has 0 N–H and O–H groups in total. The summed E-state index contributed by atoms with van der Waals surface area (Å²) in [7, 11) is 1.70. The topological polar surface area (TPSA) is 34.6 Å². The number of aryl methyl sites for hydroxylation is 1. The van der Waals surface area contributed by atoms with Crippen LogP contribution in [0.15, 0.2) is 16.7 Å². The van der Waals surface area contributed by atoms with Gasteiger partial charge < -0.3 is 14.4 Å². The van der Waals surface area contributed by atoms with E-state index in [9.17, 15) is 0 Å². The summed E-state index contributed by atoms with van der Waals surface area (Å²) in [6.07, 6.45) is 2.19. The quantitative estimate of drug-likeness (QED) is 0.858. The fourth-order valence-corrected chi connectivity index (χ4v) is 2.97. The van der Waals surface area contributed by atoms with Crippen LogP contribution in [0.1, 0.15) is 12.5 Å². The average Bonchev–Trinajstić information content (AvgIpc) is 2.28. The van der Waals surface area contributed by atoms with Crippen LogP contribution in [0.2, 0.25) is 0 Å². The summed E-state index contributed by atoms with van der Waals surface area (Å²) in [6.45, 7) is 6.40. The molecule has 0 amide bonds. The Morgan fingerprint density at radius 3 is 3.00 bits per heavy atom. The van der Waals surface area contributed by atoms with E-state index in [0.29, 0.717) is 6.61 Å². The Labute approximate surface area is 116 Å². The first kappa shape index (κ1) is 13.8. The fourth-order valence-electron chi connectivity index (χ4n) is 2.26. The summed E-state index contributed by atoms with van der Waals surface area (Å²) in [4.78, 5) is 6.76. The number of rotatable bonds is 3. The molecular weight excluding hydrogens is 296 g/mol. The van der Waals surface area contributed by atoms with E-state index >= 15 is 0 Å². The predicted octanol–water partition coefficient (Wildman–Crippen LogP) is 2.39. The Hall–Kier alpha value is -0.650. The first-order valence-corrected chi connectivity index (χ1v) is 6.91. The molecule has 0 unspecified atom stereocenters. The van der Waals surface area contributed by atoms with E-state index in [2.05, 4.69) is 38.8 Å². The van der Waals surface area contributed by atoms with Gasteiger partial charge in [-0.3, -0.25) is 0 Å². The van der Waals surface area contributed by atoms with Gasteiger partial charge in [0.25, 0.3) is 0 Å². The van der Waals surface area contributed by atoms with Gasteiger partial charge in [-0.15, -0.1) is 0 Å². The summed E-state index contributed by atoms with van der Waals surface area (Å²) in [5, 5.41) is 0. The van der Waals surface area contributed by atoms with Crippen molar-refractivity contribution in [3.8, 4) is 0 Å². The highest BCUT2D eigenvalue weighted by Gasteiger charge is 2.27. The zero-order valence-corrected chi connectivity index (χ0v) is 12.6. The van der Waals surface area contributed by atoms with Crippen molar-refractivity contribution >= 4 is 21.7 Å². The molecule has 1 aliphatic heterocycles. The lowest BCUT2D eigenvalue weighted by atomic mass is 10.2. The van der Waals surface area contributed by atoms with Gasteiger partial charge in [-0.05, 0) is 41.4 Å². The zero-order chi connectivity index (χ0) is 13.1. The van der Waals surface area contributed by atoms with Crippen molar-refractivity contribution in [2.45, 2.75) is 26.1 Å². The first-order chi connectivity index (χ1) is 8.60. The minimum absolute atomic E-state index is 0.105. The Bertz CT molecular complexity index is 414. The lowest BCUT2D eigenvalue weighted by Gasteiger charge is -2.37. The van der Waals surface area contributed by atoms with E-state index in [1.54, 1.807) is 7.11 Å². The van der Waals surface area contributed by atoms with Crippen molar-refractivity contribution in [3.05, 3.63) is 22.3 Å². The molecule has 18 heavy (non-hydrogen) atoms. The van der Waals surface area contributed by atoms with Crippen LogP contribution >= 0.6 is 15.9 Å². The molecule has 0 aromatic carbocycles. The second kappa shape index (κ2) is 5.99. The summed E-state index contributed by atoms with van der Waals surface area (Å²) < 4.78 is 12.0. The van der Waals surface area contributed by atoms with Gasteiger partial charge >= 0.3 is 0 Å². The smallest absolute Gasteiger partial charge is 0.143 e. The molecule has 4 nitrogen and oxygen atoms in total. The molecule has 0 radical (unpaired) electrons. The number of aromatic nitrogens is 1. The lowest BCUT2D eigenvalue weighted by molar-refractivity contribution is -0.0513. The maximum absolute atomic E-state index is 5.83. The largest absolute Gasteiger partial charge is 0.382 e. The van der Waals surface area contributed by atoms with Crippen LogP contribution in [-0.4, -0.2) is 44.0 Å². The minimum Gasteiger partial charge on any atom is -0.382 e. The zero-order valence-electron chi connectivity index (χ0n) is 11.0. The molecule has 1 aromatic heterocycles. The Morgan fingerprint density at radius 2 is 2.33 bits per heavy atom. The van der Waals surface area contributed by atoms with Crippen LogP contribution in [0.3, 0.4) is 0 Å². The molecule has 100 valence electrons. The van der Waals surface area contributed by atoms with Crippen LogP contribution in [-0.2, 0) is 9.47 Å². The van der Waals surface area contributed by atoms with Crippen LogP contribution < -0.4 is 4.90 Å². The number of halogens is 1. The van der Waals surface area contributed by atoms with Crippen molar-refractivity contribution in [3.63, 3.8) is 0 Å². The number of pyridine rings is 1. The van der Waals surface area contributed by atoms with Crippen LogP contribution in [0.4, 0.5) is 5.82 Å². The van der Waals surface area contributed by atoms with Gasteiger partial charge in [-0.1, -0.05) is 0 Å². The Balaban J connectivity index is 2.16. The molecule has 0 bridgehead atoms. The maximum atomic E-state index is 5.83. The van der Waals surface area contributed by atoms with Crippen molar-refractivity contribution in [2.75, 3.05) is 31.7 Å². The molecule has 0 saturated carbocycles. The fraction of sp³-hybridized carbons (Fsp3) is 0.615. The molecule has 1 saturated heterocycles. The van der Waals surface area contributed by atoms with Gasteiger partial charge in [0.05, 0.1) is 23.3 Å². The van der Waals surface area contributed by atoms with E-state index in [0.717, 1.165) is 28.9 Å². The monoisotopic (exact) mass is 314 g/mol. The maximum Gasteiger partial charge on any atom is 0.143 e. The molecule has 2 atom stereocenters. The Kier molecular flexibility index (Phi) is 4.59. The van der Waals surface area contributed by atoms with E-state index in [1.807, 2.05) is 13.1 Å². The third kappa shape index (κ3) is 3.22. The molecule has 2 rings (SSSR count). The molecule has 0 spiro atoms. The molecule has 0 aliphatic carbocycles. The summed E-state index contributed by atoms with van der Waals surface area (Å²) in [5.41, 5.74) is 1.15. The van der Waals surface area contributed by atoms with Gasteiger partial charge in [0, 0.05) is 26.4 Å². The number of ether oxygens (including phenoxy) is 2. The van der Waals surface area contributed by atoms with Gasteiger partial charge in [0.1, 0.15) is 5.82 Å². The molecule has 1 fully saturated rings. The third-order valence-corrected chi connectivity index (χ3v) is 3.52. The van der Waals surface area contributed by atoms with E-state index in [4.69, 9.17) is 9.47 Å². The molecular formula is C13H19BrN2O2.